The van der Waals surface area contributed by atoms with Crippen LogP contribution < -0.4 is 10.3 Å². The van der Waals surface area contributed by atoms with Gasteiger partial charge in [0.15, 0.2) is 0 Å². The lowest BCUT2D eigenvalue weighted by Gasteiger charge is -2.30. The summed E-state index contributed by atoms with van der Waals surface area (Å²) in [6.45, 7) is 2.54. The van der Waals surface area contributed by atoms with Crippen molar-refractivity contribution >= 4 is 16.7 Å². The maximum absolute atomic E-state index is 13.2. The highest BCUT2D eigenvalue weighted by Crippen LogP contribution is 2.35. The smallest absolute Gasteiger partial charge is 0.275 e. The molecule has 1 unspecified atom stereocenters. The molecular weight excluding hydrogens is 366 g/mol. The summed E-state index contributed by atoms with van der Waals surface area (Å²) >= 11 is 0. The monoisotopic (exact) mass is 391 g/mol. The van der Waals surface area contributed by atoms with Crippen LogP contribution in [0.3, 0.4) is 0 Å². The minimum absolute atomic E-state index is 0.0586. The zero-order valence-electron chi connectivity index (χ0n) is 16.7. The number of ether oxygens (including phenoxy) is 1. The van der Waals surface area contributed by atoms with E-state index in [0.717, 1.165) is 29.5 Å². The van der Waals surface area contributed by atoms with Crippen LogP contribution in [0.2, 0.25) is 0 Å². The van der Waals surface area contributed by atoms with Gasteiger partial charge in [-0.25, -0.2) is 4.68 Å². The van der Waals surface area contributed by atoms with Gasteiger partial charge in [0.05, 0.1) is 18.7 Å². The highest BCUT2D eigenvalue weighted by Gasteiger charge is 2.34. The Morgan fingerprint density at radius 2 is 1.93 bits per heavy atom. The number of carbonyl (C=O) groups excluding carboxylic acids is 1. The van der Waals surface area contributed by atoms with Gasteiger partial charge in [0, 0.05) is 18.0 Å². The maximum atomic E-state index is 13.2. The Balaban J connectivity index is 1.58. The largest absolute Gasteiger partial charge is 0.497 e. The van der Waals surface area contributed by atoms with E-state index in [1.54, 1.807) is 19.4 Å². The minimum Gasteiger partial charge on any atom is -0.497 e. The zero-order valence-corrected chi connectivity index (χ0v) is 16.7. The fourth-order valence-electron chi connectivity index (χ4n) is 3.68. The van der Waals surface area contributed by atoms with Gasteiger partial charge < -0.3 is 9.64 Å². The molecule has 1 atom stereocenters. The molecule has 1 saturated carbocycles. The van der Waals surface area contributed by atoms with Gasteiger partial charge in [0.2, 0.25) is 5.91 Å². The number of benzene rings is 2. The molecule has 4 rings (SSSR count). The van der Waals surface area contributed by atoms with E-state index in [1.807, 2.05) is 47.4 Å². The molecule has 0 saturated heterocycles. The van der Waals surface area contributed by atoms with Crippen molar-refractivity contribution in [3.05, 3.63) is 70.6 Å². The molecule has 29 heavy (non-hydrogen) atoms. The van der Waals surface area contributed by atoms with Crippen molar-refractivity contribution in [3.63, 3.8) is 0 Å². The van der Waals surface area contributed by atoms with Gasteiger partial charge >= 0.3 is 0 Å². The molecule has 1 aliphatic rings. The van der Waals surface area contributed by atoms with Gasteiger partial charge in [-0.15, -0.1) is 0 Å². The number of amides is 1. The third kappa shape index (κ3) is 4.16. The number of carbonyl (C=O) groups is 1. The highest BCUT2D eigenvalue weighted by atomic mass is 16.5. The van der Waals surface area contributed by atoms with Crippen molar-refractivity contribution in [2.24, 2.45) is 5.92 Å². The van der Waals surface area contributed by atoms with E-state index < -0.39 is 0 Å². The molecule has 2 aromatic carbocycles. The Kier molecular flexibility index (Phi) is 5.34. The van der Waals surface area contributed by atoms with Crippen molar-refractivity contribution in [2.75, 3.05) is 7.11 Å². The van der Waals surface area contributed by atoms with Crippen LogP contribution in [-0.2, 0) is 17.9 Å². The molecule has 0 bridgehead atoms. The van der Waals surface area contributed by atoms with Gasteiger partial charge in [-0.05, 0) is 49.4 Å². The molecule has 1 amide bonds. The molecule has 3 aromatic rings. The summed E-state index contributed by atoms with van der Waals surface area (Å²) in [6.07, 6.45) is 3.92. The molecule has 0 radical (unpaired) electrons. The number of nitrogens with zero attached hydrogens (tertiary/aromatic N) is 3. The topological polar surface area (TPSA) is 64.4 Å². The van der Waals surface area contributed by atoms with E-state index >= 15 is 0 Å². The lowest BCUT2D eigenvalue weighted by molar-refractivity contribution is -0.135. The lowest BCUT2D eigenvalue weighted by atomic mass is 10.1. The minimum atomic E-state index is -0.236. The number of hydrogen-bond donors (Lipinski definition) is 0. The summed E-state index contributed by atoms with van der Waals surface area (Å²) in [6, 6.07) is 15.2. The molecule has 1 aliphatic carbocycles. The van der Waals surface area contributed by atoms with Gasteiger partial charge in [-0.3, -0.25) is 9.59 Å². The normalized spacial score (nSPS) is 14.6. The Labute approximate surface area is 169 Å². The predicted molar refractivity (Wildman–Crippen MR) is 112 cm³/mol. The molecule has 6 nitrogen and oxygen atoms in total. The van der Waals surface area contributed by atoms with Gasteiger partial charge in [-0.1, -0.05) is 30.3 Å². The third-order valence-electron chi connectivity index (χ3n) is 5.68. The van der Waals surface area contributed by atoms with Crippen LogP contribution in [0.25, 0.3) is 10.8 Å². The second kappa shape index (κ2) is 8.07. The Bertz CT molecular complexity index is 1070. The van der Waals surface area contributed by atoms with Crippen LogP contribution >= 0.6 is 0 Å². The quantitative estimate of drug-likeness (QED) is 0.620. The van der Waals surface area contributed by atoms with E-state index in [1.165, 1.54) is 4.68 Å². The van der Waals surface area contributed by atoms with Crippen LogP contribution in [0.4, 0.5) is 0 Å². The third-order valence-corrected chi connectivity index (χ3v) is 5.68. The lowest BCUT2D eigenvalue weighted by Crippen LogP contribution is -2.43. The summed E-state index contributed by atoms with van der Waals surface area (Å²) < 4.78 is 6.49. The standard InChI is InChI=1S/C23H25N3O3/c1-16(18-9-10-18)25(14-17-7-11-20(29-2)12-8-17)22(27)15-26-23(28)21-6-4-3-5-19(21)13-24-26/h3-8,11-13,16,18H,9-10,14-15H2,1-2H3. The van der Waals surface area contributed by atoms with E-state index in [9.17, 15) is 9.59 Å². The molecule has 0 N–H and O–H groups in total. The molecule has 0 aliphatic heterocycles. The number of aromatic nitrogens is 2. The van der Waals surface area contributed by atoms with Crippen molar-refractivity contribution in [2.45, 2.75) is 38.9 Å². The zero-order chi connectivity index (χ0) is 20.4. The predicted octanol–water partition coefficient (Wildman–Crippen LogP) is 3.23. The van der Waals surface area contributed by atoms with E-state index in [2.05, 4.69) is 12.0 Å². The first-order valence-corrected chi connectivity index (χ1v) is 9.94. The summed E-state index contributed by atoms with van der Waals surface area (Å²) in [5, 5.41) is 5.57. The van der Waals surface area contributed by atoms with Gasteiger partial charge in [0.25, 0.3) is 5.56 Å². The molecule has 1 aromatic heterocycles. The van der Waals surface area contributed by atoms with E-state index in [0.29, 0.717) is 17.8 Å². The van der Waals surface area contributed by atoms with Crippen LogP contribution in [-0.4, -0.2) is 33.7 Å². The van der Waals surface area contributed by atoms with Gasteiger partial charge in [0.1, 0.15) is 12.3 Å². The number of hydrogen-bond acceptors (Lipinski definition) is 4. The maximum Gasteiger partial charge on any atom is 0.275 e. The fourth-order valence-corrected chi connectivity index (χ4v) is 3.68. The van der Waals surface area contributed by atoms with Crippen molar-refractivity contribution in [1.82, 2.24) is 14.7 Å². The fraction of sp³-hybridized carbons (Fsp3) is 0.348. The first kappa shape index (κ1) is 19.2. The molecule has 0 spiro atoms. The number of methoxy groups -OCH3 is 1. The van der Waals surface area contributed by atoms with E-state index in [-0.39, 0.29) is 24.1 Å². The Hall–Kier alpha value is -3.15. The van der Waals surface area contributed by atoms with Crippen LogP contribution in [0.15, 0.2) is 59.5 Å². The number of rotatable bonds is 7. The van der Waals surface area contributed by atoms with Crippen molar-refractivity contribution < 1.29 is 9.53 Å². The average Bonchev–Trinajstić information content (AvgIpc) is 3.59. The Morgan fingerprint density at radius 1 is 1.21 bits per heavy atom. The summed E-state index contributed by atoms with van der Waals surface area (Å²) in [5.74, 6) is 1.22. The van der Waals surface area contributed by atoms with Crippen LogP contribution in [0, 0.1) is 5.92 Å². The number of fused-ring (bicyclic) bond motifs is 1. The van der Waals surface area contributed by atoms with Gasteiger partial charge in [-0.2, -0.15) is 5.10 Å². The summed E-state index contributed by atoms with van der Waals surface area (Å²) in [4.78, 5) is 27.8. The summed E-state index contributed by atoms with van der Waals surface area (Å²) in [7, 11) is 1.63. The average molecular weight is 391 g/mol. The Morgan fingerprint density at radius 3 is 2.62 bits per heavy atom. The second-order valence-electron chi connectivity index (χ2n) is 7.64. The second-order valence-corrected chi connectivity index (χ2v) is 7.64. The molecular formula is C23H25N3O3. The SMILES string of the molecule is COc1ccc(CN(C(=O)Cn2ncc3ccccc3c2=O)C(C)C2CC2)cc1. The highest BCUT2D eigenvalue weighted by molar-refractivity contribution is 5.81. The first-order chi connectivity index (χ1) is 14.1. The van der Waals surface area contributed by atoms with E-state index in [4.69, 9.17) is 4.74 Å². The van der Waals surface area contributed by atoms with Crippen molar-refractivity contribution in [3.8, 4) is 5.75 Å². The summed E-state index contributed by atoms with van der Waals surface area (Å²) in [5.41, 5.74) is 0.797. The molecule has 150 valence electrons. The molecule has 6 heteroatoms. The molecule has 1 heterocycles. The van der Waals surface area contributed by atoms with Crippen LogP contribution in [0.5, 0.6) is 5.75 Å². The van der Waals surface area contributed by atoms with Crippen LogP contribution in [0.1, 0.15) is 25.3 Å². The van der Waals surface area contributed by atoms with Crippen molar-refractivity contribution in [1.29, 1.82) is 0 Å². The first-order valence-electron chi connectivity index (χ1n) is 9.94. The molecule has 1 fully saturated rings.